The molecule has 1 saturated heterocycles. The first-order chi connectivity index (χ1) is 7.36. The van der Waals surface area contributed by atoms with Gasteiger partial charge in [-0.25, -0.2) is 0 Å². The zero-order chi connectivity index (χ0) is 9.52. The van der Waals surface area contributed by atoms with Gasteiger partial charge < -0.3 is 14.6 Å². The molecule has 0 unspecified atom stereocenters. The number of rotatable bonds is 0. The van der Waals surface area contributed by atoms with Gasteiger partial charge in [-0.05, 0) is 35.5 Å². The van der Waals surface area contributed by atoms with Gasteiger partial charge in [0.1, 0.15) is 0 Å². The first kappa shape index (κ1) is 7.25. The second-order valence-corrected chi connectivity index (χ2v) is 6.42. The van der Waals surface area contributed by atoms with Gasteiger partial charge in [0.25, 0.3) is 0 Å². The van der Waals surface area contributed by atoms with Gasteiger partial charge >= 0.3 is 0 Å². The van der Waals surface area contributed by atoms with Crippen LogP contribution in [0.2, 0.25) is 0 Å². The molecule has 3 nitrogen and oxygen atoms in total. The molecule has 0 aromatic heterocycles. The van der Waals surface area contributed by atoms with Gasteiger partial charge in [-0.2, -0.15) is 0 Å². The summed E-state index contributed by atoms with van der Waals surface area (Å²) in [4.78, 5) is 0. The first-order valence-electron chi connectivity index (χ1n) is 6.32. The van der Waals surface area contributed by atoms with Gasteiger partial charge in [-0.3, -0.25) is 0 Å². The van der Waals surface area contributed by atoms with Crippen molar-refractivity contribution in [2.75, 3.05) is 13.2 Å². The second kappa shape index (κ2) is 1.69. The monoisotopic (exact) mass is 206 g/mol. The van der Waals surface area contributed by atoms with E-state index in [2.05, 4.69) is 0 Å². The molecule has 1 aliphatic heterocycles. The van der Waals surface area contributed by atoms with E-state index in [9.17, 15) is 5.11 Å². The van der Waals surface area contributed by atoms with Crippen LogP contribution in [0.15, 0.2) is 0 Å². The molecule has 6 aliphatic carbocycles. The van der Waals surface area contributed by atoms with Crippen LogP contribution in [0.3, 0.4) is 0 Å². The Labute approximate surface area is 87.7 Å². The Morgan fingerprint density at radius 2 is 1.40 bits per heavy atom. The lowest BCUT2D eigenvalue weighted by molar-refractivity contribution is -0.229. The molecule has 0 radical (unpaired) electrons. The SMILES string of the molecule is O[C@@H]1[C@H]2[C@H]3[C@@H]4[C@H]2[C@@H]2[C@@H]1[C@@H]3[C@@H]4C21OCCO1. The van der Waals surface area contributed by atoms with E-state index in [1.54, 1.807) is 0 Å². The van der Waals surface area contributed by atoms with E-state index in [1.807, 2.05) is 0 Å². The second-order valence-electron chi connectivity index (χ2n) is 6.42. The molecule has 3 heteroatoms. The Kier molecular flexibility index (Phi) is 0.819. The maximum atomic E-state index is 10.3. The van der Waals surface area contributed by atoms with E-state index in [0.717, 1.165) is 36.9 Å². The molecule has 80 valence electrons. The lowest BCUT2D eigenvalue weighted by Crippen LogP contribution is -2.61. The summed E-state index contributed by atoms with van der Waals surface area (Å²) in [5.41, 5.74) is 0. The van der Waals surface area contributed by atoms with Crippen molar-refractivity contribution in [3.63, 3.8) is 0 Å². The number of ether oxygens (including phenoxy) is 2. The minimum atomic E-state index is -0.215. The smallest absolute Gasteiger partial charge is 0.175 e. The summed E-state index contributed by atoms with van der Waals surface area (Å²) in [7, 11) is 0. The highest BCUT2D eigenvalue weighted by molar-refractivity contribution is 5.39. The zero-order valence-corrected chi connectivity index (χ0v) is 8.37. The van der Waals surface area contributed by atoms with E-state index >= 15 is 0 Å². The quantitative estimate of drug-likeness (QED) is 0.610. The summed E-state index contributed by atoms with van der Waals surface area (Å²) in [6.45, 7) is 1.55. The van der Waals surface area contributed by atoms with Crippen LogP contribution in [0.25, 0.3) is 0 Å². The van der Waals surface area contributed by atoms with Crippen LogP contribution < -0.4 is 0 Å². The van der Waals surface area contributed by atoms with E-state index in [0.29, 0.717) is 23.7 Å². The number of hydrogen-bond donors (Lipinski definition) is 1. The van der Waals surface area contributed by atoms with E-state index in [-0.39, 0.29) is 11.9 Å². The van der Waals surface area contributed by atoms with Crippen LogP contribution in [0.4, 0.5) is 0 Å². The predicted octanol–water partition coefficient (Wildman–Crippen LogP) is 0.0880. The van der Waals surface area contributed by atoms with Crippen LogP contribution in [0.5, 0.6) is 0 Å². The minimum Gasteiger partial charge on any atom is -0.393 e. The zero-order valence-electron chi connectivity index (χ0n) is 8.37. The fraction of sp³-hybridized carbons (Fsp3) is 1.00. The molecule has 6 saturated carbocycles. The highest BCUT2D eigenvalue weighted by atomic mass is 16.7. The van der Waals surface area contributed by atoms with Gasteiger partial charge in [0.05, 0.1) is 19.3 Å². The summed E-state index contributed by atoms with van der Waals surface area (Å²) in [5.74, 6) is 5.46. The molecule has 4 bridgehead atoms. The molecular formula is C12H14O3. The predicted molar refractivity (Wildman–Crippen MR) is 48.6 cm³/mol. The molecule has 0 aromatic rings. The molecule has 1 spiro atoms. The highest BCUT2D eigenvalue weighted by Gasteiger charge is 2.94. The fourth-order valence-electron chi connectivity index (χ4n) is 6.97. The van der Waals surface area contributed by atoms with Crippen LogP contribution in [-0.2, 0) is 9.47 Å². The van der Waals surface area contributed by atoms with E-state index < -0.39 is 0 Å². The van der Waals surface area contributed by atoms with Crippen molar-refractivity contribution in [1.82, 2.24) is 0 Å². The molecular weight excluding hydrogens is 192 g/mol. The summed E-state index contributed by atoms with van der Waals surface area (Å²) in [5, 5.41) is 10.3. The van der Waals surface area contributed by atoms with Gasteiger partial charge in [0, 0.05) is 11.8 Å². The van der Waals surface area contributed by atoms with Crippen LogP contribution in [-0.4, -0.2) is 30.2 Å². The lowest BCUT2D eigenvalue weighted by Gasteiger charge is -2.62. The Balaban J connectivity index is 1.63. The van der Waals surface area contributed by atoms with Crippen LogP contribution in [0, 0.1) is 47.3 Å². The molecule has 1 heterocycles. The minimum absolute atomic E-state index is 0.0107. The Bertz CT molecular complexity index is 386. The normalized spacial score (nSPS) is 77.8. The molecule has 0 amide bonds. The number of aliphatic hydroxyl groups excluding tert-OH is 1. The summed E-state index contributed by atoms with van der Waals surface area (Å²) < 4.78 is 12.0. The van der Waals surface area contributed by atoms with Gasteiger partial charge in [0.15, 0.2) is 5.79 Å². The summed E-state index contributed by atoms with van der Waals surface area (Å²) in [6.07, 6.45) is -0.0107. The first-order valence-corrected chi connectivity index (χ1v) is 6.32. The standard InChI is InChI=1S/C12H14O3/c13-11-7-3-4-6(7)10-8(11)5(3)9(4)12(10)14-1-2-15-12/h3-11,13H,1-2H2/t3-,4+,5+,6+,7-,8-,9+,10+,11+/m0/s1. The Morgan fingerprint density at radius 3 is 2.07 bits per heavy atom. The lowest BCUT2D eigenvalue weighted by atomic mass is 9.41. The molecule has 15 heavy (non-hydrogen) atoms. The van der Waals surface area contributed by atoms with E-state index in [4.69, 9.17) is 9.47 Å². The molecule has 0 aromatic carbocycles. The van der Waals surface area contributed by atoms with Crippen molar-refractivity contribution in [3.8, 4) is 0 Å². The fourth-order valence-corrected chi connectivity index (χ4v) is 6.97. The van der Waals surface area contributed by atoms with Gasteiger partial charge in [0.2, 0.25) is 0 Å². The van der Waals surface area contributed by atoms with Crippen molar-refractivity contribution in [2.24, 2.45) is 47.3 Å². The molecule has 7 aliphatic rings. The van der Waals surface area contributed by atoms with Crippen molar-refractivity contribution >= 4 is 0 Å². The maximum Gasteiger partial charge on any atom is 0.175 e. The summed E-state index contributed by atoms with van der Waals surface area (Å²) in [6, 6.07) is 0. The number of hydrogen-bond acceptors (Lipinski definition) is 3. The van der Waals surface area contributed by atoms with E-state index in [1.165, 1.54) is 0 Å². The average molecular weight is 206 g/mol. The van der Waals surface area contributed by atoms with Crippen LogP contribution in [0.1, 0.15) is 0 Å². The molecule has 1 N–H and O–H groups in total. The summed E-state index contributed by atoms with van der Waals surface area (Å²) >= 11 is 0. The van der Waals surface area contributed by atoms with Gasteiger partial charge in [-0.1, -0.05) is 0 Å². The third-order valence-electron chi connectivity index (χ3n) is 6.78. The largest absolute Gasteiger partial charge is 0.393 e. The maximum absolute atomic E-state index is 10.3. The Hall–Kier alpha value is -0.120. The van der Waals surface area contributed by atoms with Gasteiger partial charge in [-0.15, -0.1) is 0 Å². The topological polar surface area (TPSA) is 38.7 Å². The van der Waals surface area contributed by atoms with Crippen molar-refractivity contribution in [3.05, 3.63) is 0 Å². The molecule has 9 atom stereocenters. The average Bonchev–Trinajstić information content (AvgIpc) is 2.87. The number of aliphatic hydroxyl groups is 1. The molecule has 7 rings (SSSR count). The van der Waals surface area contributed by atoms with Crippen molar-refractivity contribution in [2.45, 2.75) is 11.9 Å². The van der Waals surface area contributed by atoms with Crippen molar-refractivity contribution < 1.29 is 14.6 Å². The third-order valence-corrected chi connectivity index (χ3v) is 6.78. The third kappa shape index (κ3) is 0.413. The highest BCUT2D eigenvalue weighted by Crippen LogP contribution is 2.91. The Morgan fingerprint density at radius 1 is 0.800 bits per heavy atom. The molecule has 7 fully saturated rings. The van der Waals surface area contributed by atoms with Crippen molar-refractivity contribution in [1.29, 1.82) is 0 Å². The van der Waals surface area contributed by atoms with Crippen LogP contribution >= 0.6 is 0 Å².